The molecule has 1 saturated heterocycles. The van der Waals surface area contributed by atoms with Crippen LogP contribution in [0.1, 0.15) is 44.6 Å². The van der Waals surface area contributed by atoms with Crippen molar-refractivity contribution in [2.75, 3.05) is 6.54 Å². The summed E-state index contributed by atoms with van der Waals surface area (Å²) in [6.45, 7) is 3.32. The lowest BCUT2D eigenvalue weighted by atomic mass is 9.99. The fraction of sp³-hybridized carbons (Fsp3) is 0.562. The van der Waals surface area contributed by atoms with Gasteiger partial charge in [0, 0.05) is 31.5 Å². The van der Waals surface area contributed by atoms with Gasteiger partial charge < -0.3 is 10.2 Å². The van der Waals surface area contributed by atoms with Crippen molar-refractivity contribution in [3.05, 3.63) is 30.1 Å². The molecule has 5 heteroatoms. The van der Waals surface area contributed by atoms with Crippen LogP contribution in [0.5, 0.6) is 0 Å². The Balaban J connectivity index is 1.80. The molecule has 0 bridgehead atoms. The van der Waals surface area contributed by atoms with Gasteiger partial charge in [0.1, 0.15) is 6.42 Å². The van der Waals surface area contributed by atoms with E-state index in [0.717, 1.165) is 31.4 Å². The van der Waals surface area contributed by atoms with Crippen LogP contribution in [0.15, 0.2) is 24.5 Å². The van der Waals surface area contributed by atoms with Crippen molar-refractivity contribution in [1.82, 2.24) is 15.2 Å². The van der Waals surface area contributed by atoms with Crippen molar-refractivity contribution in [3.63, 3.8) is 0 Å². The number of aromatic nitrogens is 1. The second-order valence-electron chi connectivity index (χ2n) is 5.45. The molecule has 0 spiro atoms. The molecule has 2 heterocycles. The number of hydrogen-bond donors (Lipinski definition) is 1. The summed E-state index contributed by atoms with van der Waals surface area (Å²) < 4.78 is 0. The highest BCUT2D eigenvalue weighted by Crippen LogP contribution is 2.20. The Morgan fingerprint density at radius 1 is 1.33 bits per heavy atom. The first-order valence-corrected chi connectivity index (χ1v) is 7.65. The van der Waals surface area contributed by atoms with E-state index < -0.39 is 0 Å². The second-order valence-corrected chi connectivity index (χ2v) is 5.45. The van der Waals surface area contributed by atoms with Crippen LogP contribution >= 0.6 is 0 Å². The number of likely N-dealkylation sites (tertiary alicyclic amines) is 1. The molecule has 1 aliphatic rings. The number of nitrogens with zero attached hydrogens (tertiary/aromatic N) is 2. The maximum Gasteiger partial charge on any atom is 0.232 e. The summed E-state index contributed by atoms with van der Waals surface area (Å²) >= 11 is 0. The van der Waals surface area contributed by atoms with Crippen molar-refractivity contribution < 1.29 is 9.59 Å². The quantitative estimate of drug-likeness (QED) is 0.842. The molecule has 1 unspecified atom stereocenters. The highest BCUT2D eigenvalue weighted by Gasteiger charge is 2.26. The summed E-state index contributed by atoms with van der Waals surface area (Å²) in [6.07, 6.45) is 7.56. The number of nitrogens with one attached hydrogen (secondary N) is 1. The van der Waals surface area contributed by atoms with Crippen LogP contribution in [0.25, 0.3) is 0 Å². The number of amides is 2. The van der Waals surface area contributed by atoms with E-state index in [-0.39, 0.29) is 18.2 Å². The van der Waals surface area contributed by atoms with Gasteiger partial charge in [-0.25, -0.2) is 0 Å². The molecular formula is C16H23N3O2. The van der Waals surface area contributed by atoms with E-state index in [0.29, 0.717) is 12.6 Å². The Bertz CT molecular complexity index is 476. The van der Waals surface area contributed by atoms with Gasteiger partial charge in [-0.1, -0.05) is 6.92 Å². The number of carbonyl (C=O) groups excluding carboxylic acids is 2. The maximum absolute atomic E-state index is 12.2. The van der Waals surface area contributed by atoms with Gasteiger partial charge in [-0.15, -0.1) is 0 Å². The van der Waals surface area contributed by atoms with Crippen LogP contribution < -0.4 is 5.32 Å². The zero-order valence-electron chi connectivity index (χ0n) is 12.5. The standard InChI is InChI=1S/C16H23N3O2/c1-2-14-5-3-4-10-19(14)16(21)11-15(20)18-12-13-6-8-17-9-7-13/h6-9,14H,2-5,10-12H2,1H3,(H,18,20). The van der Waals surface area contributed by atoms with Crippen LogP contribution in [0.3, 0.4) is 0 Å². The molecule has 2 rings (SSSR count). The fourth-order valence-electron chi connectivity index (χ4n) is 2.76. The number of pyridine rings is 1. The lowest BCUT2D eigenvalue weighted by Crippen LogP contribution is -2.45. The SMILES string of the molecule is CCC1CCCCN1C(=O)CC(=O)NCc1ccncc1. The maximum atomic E-state index is 12.2. The summed E-state index contributed by atoms with van der Waals surface area (Å²) in [5.74, 6) is -0.258. The third-order valence-corrected chi connectivity index (χ3v) is 3.97. The van der Waals surface area contributed by atoms with E-state index >= 15 is 0 Å². The minimum Gasteiger partial charge on any atom is -0.352 e. The van der Waals surface area contributed by atoms with Gasteiger partial charge in [0.25, 0.3) is 0 Å². The second kappa shape index (κ2) is 7.76. The van der Waals surface area contributed by atoms with Gasteiger partial charge in [0.2, 0.25) is 11.8 Å². The predicted molar refractivity (Wildman–Crippen MR) is 80.3 cm³/mol. The molecule has 1 aromatic rings. The molecule has 1 fully saturated rings. The van der Waals surface area contributed by atoms with E-state index in [4.69, 9.17) is 0 Å². The predicted octanol–water partition coefficient (Wildman–Crippen LogP) is 1.88. The van der Waals surface area contributed by atoms with Gasteiger partial charge >= 0.3 is 0 Å². The minimum atomic E-state index is -0.211. The first kappa shape index (κ1) is 15.5. The molecule has 21 heavy (non-hydrogen) atoms. The summed E-state index contributed by atoms with van der Waals surface area (Å²) in [5, 5.41) is 2.79. The van der Waals surface area contributed by atoms with Gasteiger partial charge in [-0.3, -0.25) is 14.6 Å². The van der Waals surface area contributed by atoms with Crippen molar-refractivity contribution in [3.8, 4) is 0 Å². The van der Waals surface area contributed by atoms with Crippen LogP contribution in [-0.2, 0) is 16.1 Å². The van der Waals surface area contributed by atoms with E-state index in [2.05, 4.69) is 17.2 Å². The Hall–Kier alpha value is -1.91. The molecule has 1 N–H and O–H groups in total. The molecule has 1 aliphatic heterocycles. The normalized spacial score (nSPS) is 18.3. The van der Waals surface area contributed by atoms with E-state index in [1.54, 1.807) is 12.4 Å². The summed E-state index contributed by atoms with van der Waals surface area (Å²) in [6, 6.07) is 4.00. The fourth-order valence-corrected chi connectivity index (χ4v) is 2.76. The number of carbonyl (C=O) groups is 2. The van der Waals surface area contributed by atoms with E-state index in [1.165, 1.54) is 6.42 Å². The van der Waals surface area contributed by atoms with Crippen LogP contribution in [0, 0.1) is 0 Å². The number of rotatable bonds is 5. The van der Waals surface area contributed by atoms with E-state index in [9.17, 15) is 9.59 Å². The number of hydrogen-bond acceptors (Lipinski definition) is 3. The van der Waals surface area contributed by atoms with Gasteiger partial charge in [0.05, 0.1) is 0 Å². The van der Waals surface area contributed by atoms with Gasteiger partial charge in [0.15, 0.2) is 0 Å². The van der Waals surface area contributed by atoms with Crippen molar-refractivity contribution >= 4 is 11.8 Å². The van der Waals surface area contributed by atoms with E-state index in [1.807, 2.05) is 17.0 Å². The third-order valence-electron chi connectivity index (χ3n) is 3.97. The van der Waals surface area contributed by atoms with Crippen LogP contribution in [0.2, 0.25) is 0 Å². The minimum absolute atomic E-state index is 0.0474. The molecule has 2 amide bonds. The Kier molecular flexibility index (Phi) is 5.72. The zero-order chi connectivity index (χ0) is 15.1. The van der Waals surface area contributed by atoms with Crippen molar-refractivity contribution in [1.29, 1.82) is 0 Å². The Morgan fingerprint density at radius 2 is 2.10 bits per heavy atom. The molecular weight excluding hydrogens is 266 g/mol. The van der Waals surface area contributed by atoms with Crippen molar-refractivity contribution in [2.24, 2.45) is 0 Å². The van der Waals surface area contributed by atoms with Crippen molar-refractivity contribution in [2.45, 2.75) is 51.6 Å². The molecule has 0 aliphatic carbocycles. The molecule has 0 saturated carbocycles. The zero-order valence-corrected chi connectivity index (χ0v) is 12.5. The lowest BCUT2D eigenvalue weighted by Gasteiger charge is -2.35. The summed E-state index contributed by atoms with van der Waals surface area (Å²) in [4.78, 5) is 29.9. The first-order valence-electron chi connectivity index (χ1n) is 7.65. The Labute approximate surface area is 125 Å². The van der Waals surface area contributed by atoms with Crippen LogP contribution in [-0.4, -0.2) is 34.3 Å². The largest absolute Gasteiger partial charge is 0.352 e. The lowest BCUT2D eigenvalue weighted by molar-refractivity contribution is -0.139. The highest BCUT2D eigenvalue weighted by molar-refractivity contribution is 5.97. The average molecular weight is 289 g/mol. The molecule has 1 aromatic heterocycles. The van der Waals surface area contributed by atoms with Crippen LogP contribution in [0.4, 0.5) is 0 Å². The summed E-state index contributed by atoms with van der Waals surface area (Å²) in [7, 11) is 0. The monoisotopic (exact) mass is 289 g/mol. The average Bonchev–Trinajstić information content (AvgIpc) is 2.53. The molecule has 5 nitrogen and oxygen atoms in total. The third kappa shape index (κ3) is 4.55. The van der Waals surface area contributed by atoms with Gasteiger partial charge in [-0.05, 0) is 43.4 Å². The topological polar surface area (TPSA) is 62.3 Å². The molecule has 1 atom stereocenters. The Morgan fingerprint density at radius 3 is 2.81 bits per heavy atom. The molecule has 0 aromatic carbocycles. The smallest absolute Gasteiger partial charge is 0.232 e. The van der Waals surface area contributed by atoms with Gasteiger partial charge in [-0.2, -0.15) is 0 Å². The summed E-state index contributed by atoms with van der Waals surface area (Å²) in [5.41, 5.74) is 0.982. The highest BCUT2D eigenvalue weighted by atomic mass is 16.2. The number of piperidine rings is 1. The molecule has 114 valence electrons. The first-order chi connectivity index (χ1) is 10.2. The molecule has 0 radical (unpaired) electrons.